The summed E-state index contributed by atoms with van der Waals surface area (Å²) in [5.41, 5.74) is 0. The number of rotatable bonds is 0. The van der Waals surface area contributed by atoms with Crippen molar-refractivity contribution in [2.24, 2.45) is 0 Å². The minimum absolute atomic E-state index is 0. The average Bonchev–Trinajstić information content (AvgIpc) is 1.69. The number of benzene rings is 1. The summed E-state index contributed by atoms with van der Waals surface area (Å²) in [5, 5.41) is 0. The number of hydrogen-bond acceptors (Lipinski definition) is 0. The van der Waals surface area contributed by atoms with Gasteiger partial charge in [-0.15, -0.1) is 24.8 Å². The molecular formula is C6H7Cl2In. The summed E-state index contributed by atoms with van der Waals surface area (Å²) >= 11 is 1.23. The van der Waals surface area contributed by atoms with E-state index in [1.54, 1.807) is 0 Å². The van der Waals surface area contributed by atoms with Crippen LogP contribution >= 0.6 is 24.8 Å². The number of halogens is 2. The van der Waals surface area contributed by atoms with Crippen LogP contribution in [0.15, 0.2) is 30.3 Å². The van der Waals surface area contributed by atoms with Crippen molar-refractivity contribution in [3.63, 3.8) is 0 Å². The van der Waals surface area contributed by atoms with E-state index in [0.717, 1.165) is 0 Å². The molecule has 0 saturated carbocycles. The molecule has 48 valence electrons. The topological polar surface area (TPSA) is 0 Å². The van der Waals surface area contributed by atoms with E-state index >= 15 is 0 Å². The molecule has 0 nitrogen and oxygen atoms in total. The van der Waals surface area contributed by atoms with E-state index in [1.807, 2.05) is 6.07 Å². The van der Waals surface area contributed by atoms with Crippen LogP contribution in [0, 0.1) is 0 Å². The van der Waals surface area contributed by atoms with Crippen LogP contribution in [0.2, 0.25) is 0 Å². The van der Waals surface area contributed by atoms with Gasteiger partial charge in [-0.2, -0.15) is 0 Å². The Morgan fingerprint density at radius 2 is 1.33 bits per heavy atom. The molecule has 0 N–H and O–H groups in total. The fraction of sp³-hybridized carbons (Fsp3) is 0. The van der Waals surface area contributed by atoms with Crippen molar-refractivity contribution in [2.45, 2.75) is 0 Å². The summed E-state index contributed by atoms with van der Waals surface area (Å²) in [6.07, 6.45) is 0. The van der Waals surface area contributed by atoms with Crippen LogP contribution in [-0.2, 0) is 0 Å². The van der Waals surface area contributed by atoms with E-state index in [2.05, 4.69) is 24.3 Å². The van der Waals surface area contributed by atoms with Gasteiger partial charge in [0.15, 0.2) is 0 Å². The standard InChI is InChI=1S/C6H5.2ClH.In/c1-2-4-6-5-3-1;;;/h1-5H;2*1H;. The molecule has 0 aromatic heterocycles. The molecule has 0 aliphatic rings. The molecule has 1 aromatic rings. The van der Waals surface area contributed by atoms with E-state index in [4.69, 9.17) is 0 Å². The first kappa shape index (κ1) is 12.4. The maximum atomic E-state index is 2.14. The van der Waals surface area contributed by atoms with Crippen molar-refractivity contribution >= 4 is 52.5 Å². The molecule has 0 saturated heterocycles. The van der Waals surface area contributed by atoms with Crippen LogP contribution < -0.4 is 3.32 Å². The molecule has 2 radical (unpaired) electrons. The summed E-state index contributed by atoms with van der Waals surface area (Å²) < 4.78 is 1.45. The first-order chi connectivity index (χ1) is 3.39. The Kier molecular flexibility index (Phi) is 9.32. The van der Waals surface area contributed by atoms with Gasteiger partial charge in [0, 0.05) is 0 Å². The van der Waals surface area contributed by atoms with E-state index in [-0.39, 0.29) is 24.8 Å². The molecule has 1 rings (SSSR count). The van der Waals surface area contributed by atoms with Crippen LogP contribution in [-0.4, -0.2) is 24.4 Å². The zero-order valence-corrected chi connectivity index (χ0v) is 9.71. The summed E-state index contributed by atoms with van der Waals surface area (Å²) in [4.78, 5) is 0. The quantitative estimate of drug-likeness (QED) is 0.663. The van der Waals surface area contributed by atoms with Crippen molar-refractivity contribution < 1.29 is 0 Å². The Labute approximate surface area is 82.4 Å². The second kappa shape index (κ2) is 6.79. The van der Waals surface area contributed by atoms with E-state index in [0.29, 0.717) is 0 Å². The second-order valence-corrected chi connectivity index (χ2v) is 3.31. The molecule has 0 heterocycles. The summed E-state index contributed by atoms with van der Waals surface area (Å²) in [7, 11) is 0. The Morgan fingerprint density at radius 3 is 1.56 bits per heavy atom. The molecule has 9 heavy (non-hydrogen) atoms. The Balaban J connectivity index is 0. The van der Waals surface area contributed by atoms with Crippen LogP contribution in [0.25, 0.3) is 0 Å². The van der Waals surface area contributed by atoms with Crippen molar-refractivity contribution in [3.8, 4) is 0 Å². The van der Waals surface area contributed by atoms with E-state index < -0.39 is 0 Å². The monoisotopic (exact) mass is 264 g/mol. The van der Waals surface area contributed by atoms with Crippen LogP contribution in [0.3, 0.4) is 0 Å². The van der Waals surface area contributed by atoms with Crippen LogP contribution in [0.4, 0.5) is 0 Å². The van der Waals surface area contributed by atoms with Gasteiger partial charge in [-0.05, 0) is 0 Å². The summed E-state index contributed by atoms with van der Waals surface area (Å²) in [6.45, 7) is 0. The second-order valence-electron chi connectivity index (χ2n) is 1.41. The summed E-state index contributed by atoms with van der Waals surface area (Å²) in [6, 6.07) is 10.5. The van der Waals surface area contributed by atoms with Gasteiger partial charge < -0.3 is 0 Å². The van der Waals surface area contributed by atoms with Gasteiger partial charge in [0.1, 0.15) is 0 Å². The summed E-state index contributed by atoms with van der Waals surface area (Å²) in [5.74, 6) is 0. The third kappa shape index (κ3) is 5.13. The van der Waals surface area contributed by atoms with Gasteiger partial charge in [-0.25, -0.2) is 0 Å². The van der Waals surface area contributed by atoms with Crippen molar-refractivity contribution in [1.29, 1.82) is 0 Å². The molecule has 1 aromatic carbocycles. The average molecular weight is 265 g/mol. The van der Waals surface area contributed by atoms with Gasteiger partial charge in [0.05, 0.1) is 0 Å². The first-order valence-electron chi connectivity index (χ1n) is 2.20. The van der Waals surface area contributed by atoms with Crippen molar-refractivity contribution in [2.75, 3.05) is 0 Å². The maximum absolute atomic E-state index is 2.14. The predicted octanol–water partition coefficient (Wildman–Crippen LogP) is 1.32. The van der Waals surface area contributed by atoms with Crippen molar-refractivity contribution in [1.82, 2.24) is 0 Å². The van der Waals surface area contributed by atoms with Gasteiger partial charge in [-0.3, -0.25) is 0 Å². The van der Waals surface area contributed by atoms with Crippen LogP contribution in [0.1, 0.15) is 0 Å². The normalized spacial score (nSPS) is 6.67. The number of hydrogen-bond donors (Lipinski definition) is 0. The molecule has 0 spiro atoms. The molecule has 3 heteroatoms. The molecule has 0 amide bonds. The fourth-order valence-electron chi connectivity index (χ4n) is 0.453. The molecule has 0 atom stereocenters. The van der Waals surface area contributed by atoms with Gasteiger partial charge >= 0.3 is 58.0 Å². The molecule has 0 fully saturated rings. The Hall–Kier alpha value is 0.670. The molecule has 0 aliphatic heterocycles. The van der Waals surface area contributed by atoms with Gasteiger partial charge in [-0.1, -0.05) is 0 Å². The predicted molar refractivity (Wildman–Crippen MR) is 46.3 cm³/mol. The zero-order valence-electron chi connectivity index (χ0n) is 4.78. The van der Waals surface area contributed by atoms with Gasteiger partial charge in [0.2, 0.25) is 0 Å². The Bertz CT molecular complexity index is 141. The zero-order chi connectivity index (χ0) is 5.11. The molecule has 0 unspecified atom stereocenters. The van der Waals surface area contributed by atoms with Crippen LogP contribution in [0.5, 0.6) is 0 Å². The minimum atomic E-state index is 0. The molecular weight excluding hydrogens is 258 g/mol. The molecule has 0 aliphatic carbocycles. The van der Waals surface area contributed by atoms with E-state index in [9.17, 15) is 0 Å². The van der Waals surface area contributed by atoms with Gasteiger partial charge in [0.25, 0.3) is 0 Å². The Morgan fingerprint density at radius 1 is 0.889 bits per heavy atom. The SMILES string of the molecule is Cl.Cl.[In][c]1ccccc1. The van der Waals surface area contributed by atoms with Crippen molar-refractivity contribution in [3.05, 3.63) is 30.3 Å². The molecule has 0 bridgehead atoms. The third-order valence-corrected chi connectivity index (χ3v) is 1.90. The van der Waals surface area contributed by atoms with E-state index in [1.165, 1.54) is 27.7 Å². The first-order valence-corrected chi connectivity index (χ1v) is 3.85. The fourth-order valence-corrected chi connectivity index (χ4v) is 1.09. The third-order valence-electron chi connectivity index (χ3n) is 0.800.